The van der Waals surface area contributed by atoms with Gasteiger partial charge in [0.1, 0.15) is 5.82 Å². The summed E-state index contributed by atoms with van der Waals surface area (Å²) in [7, 11) is 0. The van der Waals surface area contributed by atoms with Crippen LogP contribution in [0.1, 0.15) is 18.4 Å². The van der Waals surface area contributed by atoms with E-state index in [2.05, 4.69) is 47.8 Å². The Labute approximate surface area is 173 Å². The van der Waals surface area contributed by atoms with E-state index in [4.69, 9.17) is 28.3 Å². The summed E-state index contributed by atoms with van der Waals surface area (Å²) in [5.74, 6) is 1.05. The average molecular weight is 408 g/mol. The molecule has 0 spiro atoms. The topological polar surface area (TPSA) is 29.9 Å². The van der Waals surface area contributed by atoms with Gasteiger partial charge in [0.15, 0.2) is 0 Å². The lowest BCUT2D eigenvalue weighted by atomic mass is 9.98. The SMILES string of the molecule is Clc1ccc(-n2nc(-c3cccc4ccccc34)c3c2NCCCC3)cc1Cl. The molecule has 1 aromatic heterocycles. The van der Waals surface area contributed by atoms with E-state index in [1.54, 1.807) is 0 Å². The zero-order valence-corrected chi connectivity index (χ0v) is 16.8. The van der Waals surface area contributed by atoms with Gasteiger partial charge in [-0.25, -0.2) is 4.68 Å². The molecule has 3 nitrogen and oxygen atoms in total. The molecule has 5 rings (SSSR count). The number of nitrogens with one attached hydrogen (secondary N) is 1. The van der Waals surface area contributed by atoms with Crippen molar-refractivity contribution >= 4 is 39.8 Å². The van der Waals surface area contributed by atoms with Crippen molar-refractivity contribution < 1.29 is 0 Å². The van der Waals surface area contributed by atoms with Crippen LogP contribution in [-0.4, -0.2) is 16.3 Å². The summed E-state index contributed by atoms with van der Waals surface area (Å²) in [6, 6.07) is 20.5. The third-order valence-corrected chi connectivity index (χ3v) is 6.06. The Hall–Kier alpha value is -2.49. The molecule has 4 aromatic rings. The Balaban J connectivity index is 1.77. The van der Waals surface area contributed by atoms with E-state index in [-0.39, 0.29) is 0 Å². The summed E-state index contributed by atoms with van der Waals surface area (Å²) >= 11 is 12.4. The lowest BCUT2D eigenvalue weighted by Gasteiger charge is -2.10. The molecule has 1 N–H and O–H groups in total. The second kappa shape index (κ2) is 7.16. The van der Waals surface area contributed by atoms with Crippen LogP contribution >= 0.6 is 23.2 Å². The third-order valence-electron chi connectivity index (χ3n) is 5.32. The number of benzene rings is 3. The molecule has 5 heteroatoms. The number of rotatable bonds is 2. The molecule has 0 aliphatic carbocycles. The molecule has 0 saturated heterocycles. The van der Waals surface area contributed by atoms with Gasteiger partial charge in [-0.15, -0.1) is 0 Å². The van der Waals surface area contributed by atoms with Crippen LogP contribution in [0.4, 0.5) is 5.82 Å². The van der Waals surface area contributed by atoms with E-state index in [1.165, 1.54) is 16.3 Å². The largest absolute Gasteiger partial charge is 0.370 e. The minimum Gasteiger partial charge on any atom is -0.370 e. The van der Waals surface area contributed by atoms with Gasteiger partial charge in [-0.2, -0.15) is 5.10 Å². The maximum atomic E-state index is 6.29. The molecular weight excluding hydrogens is 389 g/mol. The molecule has 0 amide bonds. The highest BCUT2D eigenvalue weighted by molar-refractivity contribution is 6.42. The quantitative estimate of drug-likeness (QED) is 0.398. The molecule has 0 saturated carbocycles. The fourth-order valence-corrected chi connectivity index (χ4v) is 4.25. The standard InChI is InChI=1S/C23H19Cl2N3/c24-20-12-11-16(14-21(20)25)28-23-19(9-3-4-13-26-23)22(27-28)18-10-5-7-15-6-1-2-8-17(15)18/h1-2,5-8,10-12,14,26H,3-4,9,13H2. The van der Waals surface area contributed by atoms with Crippen LogP contribution < -0.4 is 5.32 Å². The normalized spacial score (nSPS) is 13.8. The van der Waals surface area contributed by atoms with Crippen LogP contribution in [0, 0.1) is 0 Å². The summed E-state index contributed by atoms with van der Waals surface area (Å²) in [6.07, 6.45) is 3.29. The number of halogens is 2. The Morgan fingerprint density at radius 1 is 0.893 bits per heavy atom. The van der Waals surface area contributed by atoms with E-state index in [0.717, 1.165) is 48.6 Å². The summed E-state index contributed by atoms with van der Waals surface area (Å²) < 4.78 is 1.97. The molecule has 1 aliphatic rings. The van der Waals surface area contributed by atoms with Gasteiger partial charge in [0.05, 0.1) is 21.4 Å². The molecule has 0 bridgehead atoms. The number of nitrogens with zero attached hydrogens (tertiary/aromatic N) is 2. The molecule has 140 valence electrons. The van der Waals surface area contributed by atoms with Crippen molar-refractivity contribution in [2.45, 2.75) is 19.3 Å². The smallest absolute Gasteiger partial charge is 0.133 e. The predicted octanol–water partition coefficient (Wildman–Crippen LogP) is 6.75. The van der Waals surface area contributed by atoms with E-state index < -0.39 is 0 Å². The average Bonchev–Trinajstić information content (AvgIpc) is 2.90. The lowest BCUT2D eigenvalue weighted by molar-refractivity contribution is 0.780. The Morgan fingerprint density at radius 2 is 1.75 bits per heavy atom. The van der Waals surface area contributed by atoms with E-state index in [1.807, 2.05) is 22.9 Å². The zero-order valence-electron chi connectivity index (χ0n) is 15.3. The van der Waals surface area contributed by atoms with Gasteiger partial charge in [-0.1, -0.05) is 65.7 Å². The van der Waals surface area contributed by atoms with Gasteiger partial charge in [0.25, 0.3) is 0 Å². The maximum absolute atomic E-state index is 6.29. The summed E-state index contributed by atoms with van der Waals surface area (Å²) in [6.45, 7) is 0.939. The van der Waals surface area contributed by atoms with Crippen LogP contribution in [0.25, 0.3) is 27.7 Å². The highest BCUT2D eigenvalue weighted by atomic mass is 35.5. The molecule has 0 unspecified atom stereocenters. The highest BCUT2D eigenvalue weighted by Crippen LogP contribution is 2.37. The van der Waals surface area contributed by atoms with Gasteiger partial charge in [-0.3, -0.25) is 0 Å². The van der Waals surface area contributed by atoms with Crippen molar-refractivity contribution in [2.24, 2.45) is 0 Å². The van der Waals surface area contributed by atoms with E-state index in [9.17, 15) is 0 Å². The van der Waals surface area contributed by atoms with Crippen LogP contribution in [-0.2, 0) is 6.42 Å². The first-order valence-corrected chi connectivity index (χ1v) is 10.3. The molecule has 28 heavy (non-hydrogen) atoms. The minimum absolute atomic E-state index is 0.531. The lowest BCUT2D eigenvalue weighted by Crippen LogP contribution is -2.07. The number of fused-ring (bicyclic) bond motifs is 2. The molecule has 2 heterocycles. The van der Waals surface area contributed by atoms with Crippen molar-refractivity contribution in [2.75, 3.05) is 11.9 Å². The maximum Gasteiger partial charge on any atom is 0.133 e. The molecule has 3 aromatic carbocycles. The second-order valence-corrected chi connectivity index (χ2v) is 7.91. The first-order valence-electron chi connectivity index (χ1n) is 9.52. The second-order valence-electron chi connectivity index (χ2n) is 7.10. The van der Waals surface area contributed by atoms with Crippen molar-refractivity contribution in [3.8, 4) is 16.9 Å². The van der Waals surface area contributed by atoms with Crippen molar-refractivity contribution in [3.05, 3.63) is 76.3 Å². The first-order chi connectivity index (χ1) is 13.7. The number of anilines is 1. The molecule has 1 aliphatic heterocycles. The van der Waals surface area contributed by atoms with Crippen molar-refractivity contribution in [3.63, 3.8) is 0 Å². The zero-order chi connectivity index (χ0) is 19.1. The highest BCUT2D eigenvalue weighted by Gasteiger charge is 2.23. The first kappa shape index (κ1) is 17.6. The monoisotopic (exact) mass is 407 g/mol. The third kappa shape index (κ3) is 2.95. The Bertz CT molecular complexity index is 1170. The van der Waals surface area contributed by atoms with E-state index >= 15 is 0 Å². The molecular formula is C23H19Cl2N3. The molecule has 0 fully saturated rings. The Morgan fingerprint density at radius 3 is 2.64 bits per heavy atom. The van der Waals surface area contributed by atoms with Crippen LogP contribution in [0.5, 0.6) is 0 Å². The Kier molecular flexibility index (Phi) is 4.50. The number of hydrogen-bond donors (Lipinski definition) is 1. The number of hydrogen-bond acceptors (Lipinski definition) is 2. The van der Waals surface area contributed by atoms with Gasteiger partial charge in [-0.05, 0) is 48.2 Å². The predicted molar refractivity (Wildman–Crippen MR) is 118 cm³/mol. The van der Waals surface area contributed by atoms with Crippen LogP contribution in [0.15, 0.2) is 60.7 Å². The number of aromatic nitrogens is 2. The van der Waals surface area contributed by atoms with E-state index in [0.29, 0.717) is 10.0 Å². The summed E-state index contributed by atoms with van der Waals surface area (Å²) in [4.78, 5) is 0. The fourth-order valence-electron chi connectivity index (χ4n) is 3.95. The van der Waals surface area contributed by atoms with Gasteiger partial charge >= 0.3 is 0 Å². The van der Waals surface area contributed by atoms with Crippen LogP contribution in [0.2, 0.25) is 10.0 Å². The van der Waals surface area contributed by atoms with Gasteiger partial charge < -0.3 is 5.32 Å². The summed E-state index contributed by atoms with van der Waals surface area (Å²) in [5.41, 5.74) is 4.37. The van der Waals surface area contributed by atoms with Crippen LogP contribution in [0.3, 0.4) is 0 Å². The molecule has 0 radical (unpaired) electrons. The van der Waals surface area contributed by atoms with Crippen molar-refractivity contribution in [1.82, 2.24) is 9.78 Å². The summed E-state index contributed by atoms with van der Waals surface area (Å²) in [5, 5.41) is 12.2. The fraction of sp³-hybridized carbons (Fsp3) is 0.174. The minimum atomic E-state index is 0.531. The van der Waals surface area contributed by atoms with Crippen molar-refractivity contribution in [1.29, 1.82) is 0 Å². The van der Waals surface area contributed by atoms with Gasteiger partial charge in [0.2, 0.25) is 0 Å². The van der Waals surface area contributed by atoms with Gasteiger partial charge in [0, 0.05) is 17.7 Å². The molecule has 0 atom stereocenters.